The van der Waals surface area contributed by atoms with Crippen LogP contribution in [0.25, 0.3) is 0 Å². The van der Waals surface area contributed by atoms with Gasteiger partial charge in [0.15, 0.2) is 0 Å². The van der Waals surface area contributed by atoms with Gasteiger partial charge in [0, 0.05) is 36.7 Å². The number of nitrogens with one attached hydrogen (secondary N) is 1. The second kappa shape index (κ2) is 10.7. The Labute approximate surface area is 196 Å². The number of hydrogen-bond donors (Lipinski definition) is 3. The van der Waals surface area contributed by atoms with Crippen molar-refractivity contribution in [2.75, 3.05) is 6.26 Å². The van der Waals surface area contributed by atoms with Crippen LogP contribution in [0.1, 0.15) is 56.6 Å². The van der Waals surface area contributed by atoms with Gasteiger partial charge in [0.2, 0.25) is 15.9 Å². The van der Waals surface area contributed by atoms with E-state index < -0.39 is 28.1 Å². The van der Waals surface area contributed by atoms with Gasteiger partial charge < -0.3 is 14.9 Å². The maximum atomic E-state index is 11.8. The minimum Gasteiger partial charge on any atom is -0.489 e. The molecule has 3 rings (SSSR count). The number of rotatable bonds is 9. The van der Waals surface area contributed by atoms with Gasteiger partial charge in [-0.25, -0.2) is 8.42 Å². The molecule has 3 N–H and O–H groups in total. The van der Waals surface area contributed by atoms with Gasteiger partial charge in [-0.2, -0.15) is 0 Å². The molecule has 0 unspecified atom stereocenters. The van der Waals surface area contributed by atoms with Crippen LogP contribution < -0.4 is 9.46 Å². The van der Waals surface area contributed by atoms with Gasteiger partial charge in [0.05, 0.1) is 18.5 Å². The van der Waals surface area contributed by atoms with E-state index in [9.17, 15) is 23.4 Å². The number of aliphatic hydroxyl groups is 2. The first kappa shape index (κ1) is 25.3. The minimum absolute atomic E-state index is 0.00153. The summed E-state index contributed by atoms with van der Waals surface area (Å²) in [4.78, 5) is 11.8. The molecule has 1 heterocycles. The van der Waals surface area contributed by atoms with Gasteiger partial charge in [-0.1, -0.05) is 37.3 Å². The van der Waals surface area contributed by atoms with Crippen molar-refractivity contribution in [1.29, 1.82) is 0 Å². The Morgan fingerprint density at radius 2 is 2.15 bits per heavy atom. The minimum atomic E-state index is -3.55. The zero-order valence-corrected chi connectivity index (χ0v) is 20.1. The Hall–Kier alpha value is -2.34. The smallest absolute Gasteiger partial charge is 0.233 e. The number of amides is 1. The Morgan fingerprint density at radius 3 is 2.85 bits per heavy atom. The quantitative estimate of drug-likeness (QED) is 0.373. The topological polar surface area (TPSA) is 113 Å². The Balaban J connectivity index is 1.69. The Kier molecular flexibility index (Phi) is 8.22. The fourth-order valence-electron chi connectivity index (χ4n) is 4.68. The van der Waals surface area contributed by atoms with E-state index in [4.69, 9.17) is 4.74 Å². The van der Waals surface area contributed by atoms with E-state index >= 15 is 0 Å². The predicted molar refractivity (Wildman–Crippen MR) is 126 cm³/mol. The molecule has 0 spiro atoms. The first-order valence-corrected chi connectivity index (χ1v) is 13.2. The summed E-state index contributed by atoms with van der Waals surface area (Å²) >= 11 is 0. The first-order valence-electron chi connectivity index (χ1n) is 11.3. The molecular weight excluding hydrogens is 442 g/mol. The van der Waals surface area contributed by atoms with E-state index in [2.05, 4.69) is 11.8 Å². The summed E-state index contributed by atoms with van der Waals surface area (Å²) in [6.45, 7) is 3.73. The average molecular weight is 476 g/mol. The number of carbonyl (C=O) groups excluding carboxylic acids is 1. The highest BCUT2D eigenvalue weighted by Crippen LogP contribution is 2.52. The standard InChI is InChI=1S/C25H33NO6S/c1-4-5-8-16(2)20(27)14-13-18-21(28)15-22-24(18)19-11-6-9-17(25(19)32-22)10-7-12-23(29)26-33(3,30)31/h6,9,11,13-14,16,18,20-22,24,27-28H,7-8,10,12,15H2,1-3H3,(H,26,29)/b14-13+/t16-,18-,20+,21+,22-,24-/m0/s1. The van der Waals surface area contributed by atoms with E-state index in [0.29, 0.717) is 25.7 Å². The predicted octanol–water partition coefficient (Wildman–Crippen LogP) is 2.28. The van der Waals surface area contributed by atoms with Crippen molar-refractivity contribution in [1.82, 2.24) is 4.72 Å². The number of carbonyl (C=O) groups is 1. The summed E-state index contributed by atoms with van der Waals surface area (Å²) in [6, 6.07) is 5.91. The van der Waals surface area contributed by atoms with E-state index in [-0.39, 0.29) is 30.3 Å². The second-order valence-corrected chi connectivity index (χ2v) is 10.8. The van der Waals surface area contributed by atoms with E-state index in [1.54, 1.807) is 13.0 Å². The summed E-state index contributed by atoms with van der Waals surface area (Å²) in [5.41, 5.74) is 2.00. The molecule has 1 aliphatic heterocycles. The number of ether oxygens (including phenoxy) is 1. The van der Waals surface area contributed by atoms with Crippen molar-refractivity contribution in [3.8, 4) is 17.6 Å². The monoisotopic (exact) mass is 475 g/mol. The summed E-state index contributed by atoms with van der Waals surface area (Å²) in [5.74, 6) is 5.95. The number of fused-ring (bicyclic) bond motifs is 3. The summed E-state index contributed by atoms with van der Waals surface area (Å²) in [6.07, 6.45) is 5.61. The molecule has 2 aliphatic rings. The highest BCUT2D eigenvalue weighted by atomic mass is 32.2. The van der Waals surface area contributed by atoms with Crippen molar-refractivity contribution in [3.63, 3.8) is 0 Å². The molecular formula is C25H33NO6S. The third-order valence-corrected chi connectivity index (χ3v) is 6.95. The molecule has 0 bridgehead atoms. The van der Waals surface area contributed by atoms with Crippen molar-refractivity contribution in [3.05, 3.63) is 41.5 Å². The number of para-hydroxylation sites is 1. The van der Waals surface area contributed by atoms with Gasteiger partial charge >= 0.3 is 0 Å². The second-order valence-electron chi connectivity index (χ2n) is 9.03. The van der Waals surface area contributed by atoms with Crippen molar-refractivity contribution in [2.45, 2.75) is 70.2 Å². The fourth-order valence-corrected chi connectivity index (χ4v) is 5.19. The fraction of sp³-hybridized carbons (Fsp3) is 0.560. The Morgan fingerprint density at radius 1 is 1.39 bits per heavy atom. The summed E-state index contributed by atoms with van der Waals surface area (Å²) < 4.78 is 30.6. The van der Waals surface area contributed by atoms with Gasteiger partial charge in [-0.3, -0.25) is 9.52 Å². The van der Waals surface area contributed by atoms with Crippen molar-refractivity contribution in [2.24, 2.45) is 11.8 Å². The van der Waals surface area contributed by atoms with Gasteiger partial charge in [0.25, 0.3) is 0 Å². The maximum Gasteiger partial charge on any atom is 0.233 e. The molecule has 6 atom stereocenters. The van der Waals surface area contributed by atoms with E-state index in [1.807, 2.05) is 35.9 Å². The van der Waals surface area contributed by atoms with Crippen LogP contribution in [0.4, 0.5) is 0 Å². The number of hydrogen-bond acceptors (Lipinski definition) is 6. The van der Waals surface area contributed by atoms with Crippen LogP contribution in [0.15, 0.2) is 30.4 Å². The lowest BCUT2D eigenvalue weighted by Gasteiger charge is -2.19. The summed E-state index contributed by atoms with van der Waals surface area (Å²) in [5, 5.41) is 21.1. The lowest BCUT2D eigenvalue weighted by molar-refractivity contribution is -0.119. The van der Waals surface area contributed by atoms with Crippen LogP contribution in [0.2, 0.25) is 0 Å². The molecule has 180 valence electrons. The maximum absolute atomic E-state index is 11.8. The Bertz CT molecular complexity index is 1050. The van der Waals surface area contributed by atoms with Gasteiger partial charge in [-0.05, 0) is 31.2 Å². The molecule has 1 aromatic rings. The number of benzene rings is 1. The lowest BCUT2D eigenvalue weighted by atomic mass is 9.86. The van der Waals surface area contributed by atoms with Gasteiger partial charge in [0.1, 0.15) is 11.9 Å². The molecule has 0 radical (unpaired) electrons. The van der Waals surface area contributed by atoms with Crippen LogP contribution in [0.5, 0.6) is 5.75 Å². The normalized spacial score (nSPS) is 25.5. The van der Waals surface area contributed by atoms with Gasteiger partial charge in [-0.15, -0.1) is 11.8 Å². The van der Waals surface area contributed by atoms with E-state index in [1.165, 1.54) is 0 Å². The van der Waals surface area contributed by atoms with Crippen LogP contribution in [0, 0.1) is 23.7 Å². The first-order chi connectivity index (χ1) is 15.6. The van der Waals surface area contributed by atoms with Crippen LogP contribution in [-0.2, 0) is 21.2 Å². The average Bonchev–Trinajstić information content (AvgIpc) is 3.24. The third-order valence-electron chi connectivity index (χ3n) is 6.35. The SMILES string of the molecule is CC#CC[C@H](C)[C@H](O)/C=C/[C@@H]1[C@H]2c3cccc(CCCC(=O)NS(C)(=O)=O)c3O[C@H]2C[C@H]1O. The molecule has 8 heteroatoms. The van der Waals surface area contributed by atoms with Crippen LogP contribution in [0.3, 0.4) is 0 Å². The molecule has 7 nitrogen and oxygen atoms in total. The molecule has 1 saturated carbocycles. The zero-order valence-electron chi connectivity index (χ0n) is 19.3. The number of aryl methyl sites for hydroxylation is 1. The highest BCUT2D eigenvalue weighted by Gasteiger charge is 2.48. The number of sulfonamides is 1. The van der Waals surface area contributed by atoms with Crippen LogP contribution >= 0.6 is 0 Å². The van der Waals surface area contributed by atoms with E-state index in [0.717, 1.165) is 23.1 Å². The molecule has 1 fully saturated rings. The third kappa shape index (κ3) is 6.38. The van der Waals surface area contributed by atoms with Crippen LogP contribution in [-0.4, -0.2) is 49.1 Å². The largest absolute Gasteiger partial charge is 0.489 e. The zero-order chi connectivity index (χ0) is 24.2. The molecule has 1 aliphatic carbocycles. The molecule has 1 aromatic carbocycles. The number of aliphatic hydroxyl groups excluding tert-OH is 2. The molecule has 1 amide bonds. The highest BCUT2D eigenvalue weighted by molar-refractivity contribution is 7.89. The molecule has 0 aromatic heterocycles. The molecule has 0 saturated heterocycles. The van der Waals surface area contributed by atoms with Crippen molar-refractivity contribution < 1.29 is 28.2 Å². The molecule has 33 heavy (non-hydrogen) atoms. The van der Waals surface area contributed by atoms with Crippen molar-refractivity contribution >= 4 is 15.9 Å². The lowest BCUT2D eigenvalue weighted by Crippen LogP contribution is -2.29. The summed E-state index contributed by atoms with van der Waals surface area (Å²) in [7, 11) is -3.55.